The minimum atomic E-state index is -0.971. The highest BCUT2D eigenvalue weighted by Gasteiger charge is 2.13. The van der Waals surface area contributed by atoms with Crippen molar-refractivity contribution in [2.75, 3.05) is 20.3 Å². The van der Waals surface area contributed by atoms with Gasteiger partial charge < -0.3 is 20.5 Å². The summed E-state index contributed by atoms with van der Waals surface area (Å²) in [6.07, 6.45) is 0. The number of rotatable bonds is 8. The molecule has 0 aliphatic rings. The van der Waals surface area contributed by atoms with Gasteiger partial charge in [-0.2, -0.15) is 0 Å². The predicted octanol–water partition coefficient (Wildman–Crippen LogP) is 1.39. The molecule has 0 radical (unpaired) electrons. The second-order valence-electron chi connectivity index (χ2n) is 4.50. The molecular formula is C14H19BrN2O4. The maximum atomic E-state index is 11.7. The largest absolute Gasteiger partial charge is 0.478 e. The number of hydrogen-bond donors (Lipinski definition) is 3. The molecule has 1 unspecified atom stereocenters. The van der Waals surface area contributed by atoms with Crippen LogP contribution in [0.1, 0.15) is 22.8 Å². The lowest BCUT2D eigenvalue weighted by Gasteiger charge is -2.14. The van der Waals surface area contributed by atoms with Gasteiger partial charge in [0.2, 0.25) is 5.91 Å². The predicted molar refractivity (Wildman–Crippen MR) is 82.3 cm³/mol. The first-order valence-corrected chi connectivity index (χ1v) is 7.26. The van der Waals surface area contributed by atoms with Gasteiger partial charge in [-0.3, -0.25) is 4.79 Å². The van der Waals surface area contributed by atoms with E-state index in [9.17, 15) is 9.59 Å². The maximum Gasteiger partial charge on any atom is 0.335 e. The first-order chi connectivity index (χ1) is 9.95. The van der Waals surface area contributed by atoms with Crippen LogP contribution in [-0.2, 0) is 16.1 Å². The highest BCUT2D eigenvalue weighted by atomic mass is 79.9. The third kappa shape index (κ3) is 5.82. The number of benzene rings is 1. The normalized spacial score (nSPS) is 12.0. The van der Waals surface area contributed by atoms with Crippen LogP contribution in [0, 0.1) is 0 Å². The molecule has 0 aliphatic heterocycles. The Hall–Kier alpha value is -1.44. The number of carboxylic acid groups (broad SMARTS) is 1. The molecule has 1 aromatic carbocycles. The summed E-state index contributed by atoms with van der Waals surface area (Å²) in [5.41, 5.74) is 1.10. The molecule has 6 nitrogen and oxygen atoms in total. The Morgan fingerprint density at radius 2 is 2.14 bits per heavy atom. The van der Waals surface area contributed by atoms with E-state index in [1.807, 2.05) is 0 Å². The third-order valence-electron chi connectivity index (χ3n) is 2.90. The van der Waals surface area contributed by atoms with E-state index in [0.29, 0.717) is 24.2 Å². The number of ether oxygens (including phenoxy) is 1. The van der Waals surface area contributed by atoms with Crippen molar-refractivity contribution in [1.82, 2.24) is 10.6 Å². The van der Waals surface area contributed by atoms with Crippen LogP contribution in [0.4, 0.5) is 0 Å². The molecule has 0 aliphatic carbocycles. The first kappa shape index (κ1) is 17.6. The Bertz CT molecular complexity index is 508. The molecule has 1 amide bonds. The van der Waals surface area contributed by atoms with Crippen LogP contribution < -0.4 is 10.6 Å². The Morgan fingerprint density at radius 1 is 1.43 bits per heavy atom. The zero-order valence-electron chi connectivity index (χ0n) is 12.0. The minimum absolute atomic E-state index is 0.106. The van der Waals surface area contributed by atoms with E-state index in [0.717, 1.165) is 5.56 Å². The summed E-state index contributed by atoms with van der Waals surface area (Å²) in [4.78, 5) is 22.6. The second kappa shape index (κ2) is 8.76. The monoisotopic (exact) mass is 358 g/mol. The summed E-state index contributed by atoms with van der Waals surface area (Å²) >= 11 is 3.33. The number of aromatic carboxylic acids is 1. The van der Waals surface area contributed by atoms with Crippen molar-refractivity contribution in [2.45, 2.75) is 19.5 Å². The van der Waals surface area contributed by atoms with Crippen molar-refractivity contribution in [1.29, 1.82) is 0 Å². The molecule has 0 saturated carbocycles. The summed E-state index contributed by atoms with van der Waals surface area (Å²) in [5, 5.41) is 14.7. The lowest BCUT2D eigenvalue weighted by atomic mass is 10.1. The number of carboxylic acids is 1. The minimum Gasteiger partial charge on any atom is -0.478 e. The van der Waals surface area contributed by atoms with E-state index in [-0.39, 0.29) is 17.5 Å². The van der Waals surface area contributed by atoms with Crippen molar-refractivity contribution in [2.24, 2.45) is 0 Å². The number of hydrogen-bond acceptors (Lipinski definition) is 4. The molecule has 0 spiro atoms. The van der Waals surface area contributed by atoms with Gasteiger partial charge in [-0.1, -0.05) is 22.0 Å². The number of amides is 1. The van der Waals surface area contributed by atoms with E-state index in [1.54, 1.807) is 26.2 Å². The molecule has 1 atom stereocenters. The van der Waals surface area contributed by atoms with Crippen molar-refractivity contribution >= 4 is 27.8 Å². The Labute approximate surface area is 132 Å². The molecular weight excluding hydrogens is 340 g/mol. The van der Waals surface area contributed by atoms with Gasteiger partial charge >= 0.3 is 5.97 Å². The zero-order chi connectivity index (χ0) is 15.8. The molecule has 0 bridgehead atoms. The van der Waals surface area contributed by atoms with Gasteiger partial charge in [0.05, 0.1) is 18.2 Å². The van der Waals surface area contributed by atoms with Gasteiger partial charge in [0.25, 0.3) is 0 Å². The van der Waals surface area contributed by atoms with Gasteiger partial charge in [-0.05, 0) is 24.6 Å². The fraction of sp³-hybridized carbons (Fsp3) is 0.429. The third-order valence-corrected chi connectivity index (χ3v) is 3.64. The lowest BCUT2D eigenvalue weighted by molar-refractivity contribution is -0.123. The molecule has 7 heteroatoms. The average molecular weight is 359 g/mol. The summed E-state index contributed by atoms with van der Waals surface area (Å²) in [6.45, 7) is 3.17. The van der Waals surface area contributed by atoms with Gasteiger partial charge in [0.15, 0.2) is 0 Å². The first-order valence-electron chi connectivity index (χ1n) is 6.47. The van der Waals surface area contributed by atoms with Gasteiger partial charge in [-0.25, -0.2) is 4.79 Å². The number of carbonyl (C=O) groups excluding carboxylic acids is 1. The molecule has 0 aromatic heterocycles. The van der Waals surface area contributed by atoms with E-state index >= 15 is 0 Å². The second-order valence-corrected chi connectivity index (χ2v) is 5.35. The zero-order valence-corrected chi connectivity index (χ0v) is 13.6. The van der Waals surface area contributed by atoms with Crippen molar-refractivity contribution in [3.63, 3.8) is 0 Å². The van der Waals surface area contributed by atoms with Crippen LogP contribution in [0.15, 0.2) is 22.7 Å². The van der Waals surface area contributed by atoms with Crippen LogP contribution in [0.25, 0.3) is 0 Å². The Morgan fingerprint density at radius 3 is 2.71 bits per heavy atom. The smallest absolute Gasteiger partial charge is 0.335 e. The average Bonchev–Trinajstić information content (AvgIpc) is 2.45. The van der Waals surface area contributed by atoms with Crippen LogP contribution in [0.5, 0.6) is 0 Å². The summed E-state index contributed by atoms with van der Waals surface area (Å²) in [5.74, 6) is -1.08. The Kier molecular flexibility index (Phi) is 7.35. The molecule has 0 saturated heterocycles. The van der Waals surface area contributed by atoms with Gasteiger partial charge in [0, 0.05) is 24.7 Å². The van der Waals surface area contributed by atoms with E-state index in [2.05, 4.69) is 26.6 Å². The molecule has 1 rings (SSSR count). The van der Waals surface area contributed by atoms with Crippen molar-refractivity contribution in [3.8, 4) is 0 Å². The molecule has 116 valence electrons. The highest BCUT2D eigenvalue weighted by molar-refractivity contribution is 9.10. The number of carbonyl (C=O) groups is 2. The van der Waals surface area contributed by atoms with Crippen molar-refractivity contribution < 1.29 is 19.4 Å². The fourth-order valence-corrected chi connectivity index (χ4v) is 2.13. The summed E-state index contributed by atoms with van der Waals surface area (Å²) < 4.78 is 5.55. The molecule has 21 heavy (non-hydrogen) atoms. The molecule has 3 N–H and O–H groups in total. The maximum absolute atomic E-state index is 11.7. The number of halogens is 1. The summed E-state index contributed by atoms with van der Waals surface area (Å²) in [6, 6.07) is 4.44. The highest BCUT2D eigenvalue weighted by Crippen LogP contribution is 2.18. The number of methoxy groups -OCH3 is 1. The van der Waals surface area contributed by atoms with Crippen LogP contribution >= 0.6 is 15.9 Å². The van der Waals surface area contributed by atoms with E-state index in [1.165, 1.54) is 6.07 Å². The van der Waals surface area contributed by atoms with Gasteiger partial charge in [-0.15, -0.1) is 0 Å². The molecule has 0 fully saturated rings. The standard InChI is InChI=1S/C14H19BrN2O4/c1-9(13(18)16-5-6-21-2)17-8-11-4-3-10(14(19)20)7-12(11)15/h3-4,7,9,17H,5-6,8H2,1-2H3,(H,16,18)(H,19,20). The van der Waals surface area contributed by atoms with E-state index < -0.39 is 5.97 Å². The number of nitrogens with one attached hydrogen (secondary N) is 2. The van der Waals surface area contributed by atoms with Crippen LogP contribution in [0.2, 0.25) is 0 Å². The molecule has 0 heterocycles. The van der Waals surface area contributed by atoms with Crippen LogP contribution in [0.3, 0.4) is 0 Å². The van der Waals surface area contributed by atoms with Crippen molar-refractivity contribution in [3.05, 3.63) is 33.8 Å². The topological polar surface area (TPSA) is 87.7 Å². The van der Waals surface area contributed by atoms with E-state index in [4.69, 9.17) is 9.84 Å². The summed E-state index contributed by atoms with van der Waals surface area (Å²) in [7, 11) is 1.58. The quantitative estimate of drug-likeness (QED) is 0.611. The SMILES string of the molecule is COCCNC(=O)C(C)NCc1ccc(C(=O)O)cc1Br. The lowest BCUT2D eigenvalue weighted by Crippen LogP contribution is -2.42. The van der Waals surface area contributed by atoms with Gasteiger partial charge in [0.1, 0.15) is 0 Å². The Balaban J connectivity index is 2.51. The molecule has 1 aromatic rings. The fourth-order valence-electron chi connectivity index (χ4n) is 1.61. The van der Waals surface area contributed by atoms with Crippen LogP contribution in [-0.4, -0.2) is 43.3 Å².